The minimum Gasteiger partial charge on any atom is -0.444 e. The lowest BCUT2D eigenvalue weighted by Gasteiger charge is -2.34. The Morgan fingerprint density at radius 2 is 1.77 bits per heavy atom. The fraction of sp³-hybridized carbons (Fsp3) is 0.407. The fourth-order valence-electron chi connectivity index (χ4n) is 4.08. The number of nitrogens with one attached hydrogen (secondary N) is 4. The van der Waals surface area contributed by atoms with Gasteiger partial charge in [-0.1, -0.05) is 43.2 Å². The number of nitriles is 1. The monoisotopic (exact) mass is 475 g/mol. The quantitative estimate of drug-likeness (QED) is 0.409. The summed E-state index contributed by atoms with van der Waals surface area (Å²) in [5, 5.41) is 26.9. The number of carbonyl (C=O) groups excluding carboxylic acids is 2. The van der Waals surface area contributed by atoms with E-state index in [4.69, 9.17) is 10.1 Å². The van der Waals surface area contributed by atoms with Gasteiger partial charge >= 0.3 is 6.09 Å². The summed E-state index contributed by atoms with van der Waals surface area (Å²) >= 11 is 0. The molecule has 0 radical (unpaired) electrons. The fourth-order valence-corrected chi connectivity index (χ4v) is 4.08. The maximum atomic E-state index is 12.6. The topological polar surface area (TPSA) is 127 Å². The van der Waals surface area contributed by atoms with Gasteiger partial charge in [0, 0.05) is 17.4 Å². The van der Waals surface area contributed by atoms with Crippen molar-refractivity contribution in [3.63, 3.8) is 0 Å². The molecule has 1 fully saturated rings. The summed E-state index contributed by atoms with van der Waals surface area (Å²) < 4.78 is 5.42. The van der Waals surface area contributed by atoms with Crippen molar-refractivity contribution in [1.29, 1.82) is 10.7 Å². The predicted octanol–water partition coefficient (Wildman–Crippen LogP) is 5.20. The van der Waals surface area contributed by atoms with Crippen molar-refractivity contribution >= 4 is 29.1 Å². The normalized spacial score (nSPS) is 17.5. The molecule has 8 nitrogen and oxygen atoms in total. The second-order valence-electron chi connectivity index (χ2n) is 9.73. The first-order valence-electron chi connectivity index (χ1n) is 11.9. The molecular weight excluding hydrogens is 442 g/mol. The van der Waals surface area contributed by atoms with Gasteiger partial charge in [-0.05, 0) is 57.4 Å². The average Bonchev–Trinajstić information content (AvgIpc) is 2.80. The van der Waals surface area contributed by atoms with E-state index >= 15 is 0 Å². The second-order valence-corrected chi connectivity index (χ2v) is 9.73. The Morgan fingerprint density at radius 1 is 1.09 bits per heavy atom. The molecule has 1 aliphatic carbocycles. The van der Waals surface area contributed by atoms with E-state index in [1.807, 2.05) is 39.0 Å². The number of nitrogens with zero attached hydrogens (tertiary/aromatic N) is 1. The second kappa shape index (κ2) is 11.5. The molecule has 0 spiro atoms. The van der Waals surface area contributed by atoms with E-state index in [-0.39, 0.29) is 30.1 Å². The van der Waals surface area contributed by atoms with Gasteiger partial charge in [-0.15, -0.1) is 0 Å². The lowest BCUT2D eigenvalue weighted by atomic mass is 9.90. The summed E-state index contributed by atoms with van der Waals surface area (Å²) in [7, 11) is 0. The number of anilines is 2. The smallest absolute Gasteiger partial charge is 0.407 e. The van der Waals surface area contributed by atoms with Gasteiger partial charge in [0.2, 0.25) is 5.91 Å². The molecule has 2 aromatic carbocycles. The van der Waals surface area contributed by atoms with Crippen molar-refractivity contribution in [2.75, 3.05) is 10.6 Å². The van der Waals surface area contributed by atoms with E-state index in [9.17, 15) is 14.9 Å². The first-order valence-corrected chi connectivity index (χ1v) is 11.9. The van der Waals surface area contributed by atoms with Crippen molar-refractivity contribution < 1.29 is 14.3 Å². The zero-order chi connectivity index (χ0) is 25.4. The van der Waals surface area contributed by atoms with Crippen LogP contribution in [-0.2, 0) is 9.53 Å². The third-order valence-corrected chi connectivity index (χ3v) is 5.69. The van der Waals surface area contributed by atoms with Gasteiger partial charge in [0.25, 0.3) is 0 Å². The first-order chi connectivity index (χ1) is 16.6. The van der Waals surface area contributed by atoms with E-state index in [0.29, 0.717) is 16.8 Å². The van der Waals surface area contributed by atoms with Crippen LogP contribution in [0, 0.1) is 16.7 Å². The summed E-state index contributed by atoms with van der Waals surface area (Å²) in [5.41, 5.74) is 1.77. The number of hydrogen-bond acceptors (Lipinski definition) is 6. The Balaban J connectivity index is 1.68. The van der Waals surface area contributed by atoms with Gasteiger partial charge in [0.1, 0.15) is 11.7 Å². The SMILES string of the molecule is CC(C)(C)OC(=O)NC1CCCCC1Nc1ccc(C#N)c(NC(=O)CC(=N)c2ccccc2)c1. The maximum absolute atomic E-state index is 12.6. The van der Waals surface area contributed by atoms with Crippen molar-refractivity contribution in [1.82, 2.24) is 5.32 Å². The standard InChI is InChI=1S/C27H33N5O3/c1-27(2,3)35-26(34)32-23-12-8-7-11-22(23)30-20-14-13-19(17-28)24(15-20)31-25(33)16-21(29)18-9-5-4-6-10-18/h4-6,9-10,13-15,22-23,29-30H,7-8,11-12,16H2,1-3H3,(H,31,33)(H,32,34). The molecule has 184 valence electrons. The molecule has 2 amide bonds. The Labute approximate surface area is 206 Å². The number of rotatable bonds is 7. The summed E-state index contributed by atoms with van der Waals surface area (Å²) in [6.07, 6.45) is 3.21. The Morgan fingerprint density at radius 3 is 2.43 bits per heavy atom. The molecule has 1 saturated carbocycles. The van der Waals surface area contributed by atoms with E-state index < -0.39 is 11.7 Å². The van der Waals surface area contributed by atoms with Crippen LogP contribution in [0.1, 0.15) is 64.0 Å². The third-order valence-electron chi connectivity index (χ3n) is 5.69. The molecule has 2 aromatic rings. The highest BCUT2D eigenvalue weighted by atomic mass is 16.6. The highest BCUT2D eigenvalue weighted by Gasteiger charge is 2.28. The van der Waals surface area contributed by atoms with Gasteiger partial charge < -0.3 is 26.1 Å². The van der Waals surface area contributed by atoms with Gasteiger partial charge in [-0.2, -0.15) is 5.26 Å². The number of ether oxygens (including phenoxy) is 1. The van der Waals surface area contributed by atoms with Gasteiger partial charge in [0.15, 0.2) is 0 Å². The van der Waals surface area contributed by atoms with Crippen LogP contribution in [0.2, 0.25) is 0 Å². The molecule has 0 heterocycles. The van der Waals surface area contributed by atoms with Crippen LogP contribution in [0.3, 0.4) is 0 Å². The van der Waals surface area contributed by atoms with Crippen LogP contribution in [-0.4, -0.2) is 35.4 Å². The van der Waals surface area contributed by atoms with E-state index in [1.54, 1.807) is 30.3 Å². The van der Waals surface area contributed by atoms with Crippen LogP contribution in [0.4, 0.5) is 16.2 Å². The third kappa shape index (κ3) is 7.85. The summed E-state index contributed by atoms with van der Waals surface area (Å²) in [6.45, 7) is 5.49. The minimum atomic E-state index is -0.571. The maximum Gasteiger partial charge on any atom is 0.407 e. The van der Waals surface area contributed by atoms with Crippen molar-refractivity contribution in [3.05, 3.63) is 59.7 Å². The van der Waals surface area contributed by atoms with Crippen molar-refractivity contribution in [2.45, 2.75) is 70.6 Å². The van der Waals surface area contributed by atoms with Crippen LogP contribution in [0.25, 0.3) is 0 Å². The molecule has 0 saturated heterocycles. The van der Waals surface area contributed by atoms with E-state index in [2.05, 4.69) is 22.0 Å². The highest BCUT2D eigenvalue weighted by molar-refractivity contribution is 6.12. The molecular formula is C27H33N5O3. The Bertz CT molecular complexity index is 1100. The van der Waals surface area contributed by atoms with Gasteiger partial charge in [0.05, 0.1) is 23.7 Å². The van der Waals surface area contributed by atoms with Crippen LogP contribution < -0.4 is 16.0 Å². The number of hydrogen-bond donors (Lipinski definition) is 4. The summed E-state index contributed by atoms with van der Waals surface area (Å²) in [6, 6.07) is 16.2. The van der Waals surface area contributed by atoms with E-state index in [1.165, 1.54) is 0 Å². The molecule has 2 unspecified atom stereocenters. The molecule has 8 heteroatoms. The molecule has 35 heavy (non-hydrogen) atoms. The average molecular weight is 476 g/mol. The van der Waals surface area contributed by atoms with Crippen molar-refractivity contribution in [2.24, 2.45) is 0 Å². The largest absolute Gasteiger partial charge is 0.444 e. The number of carbonyl (C=O) groups is 2. The zero-order valence-electron chi connectivity index (χ0n) is 20.5. The number of alkyl carbamates (subject to hydrolysis) is 1. The van der Waals surface area contributed by atoms with Crippen molar-refractivity contribution in [3.8, 4) is 6.07 Å². The van der Waals surface area contributed by atoms with Crippen LogP contribution in [0.15, 0.2) is 48.5 Å². The number of benzene rings is 2. The molecule has 2 atom stereocenters. The highest BCUT2D eigenvalue weighted by Crippen LogP contribution is 2.26. The minimum absolute atomic E-state index is 0.0148. The van der Waals surface area contributed by atoms with Gasteiger partial charge in [-0.25, -0.2) is 4.79 Å². The summed E-state index contributed by atoms with van der Waals surface area (Å²) in [5.74, 6) is -0.366. The zero-order valence-corrected chi connectivity index (χ0v) is 20.5. The lowest BCUT2D eigenvalue weighted by Crippen LogP contribution is -2.49. The molecule has 0 aliphatic heterocycles. The summed E-state index contributed by atoms with van der Waals surface area (Å²) in [4.78, 5) is 24.9. The van der Waals surface area contributed by atoms with E-state index in [0.717, 1.165) is 31.4 Å². The Hall–Kier alpha value is -3.86. The van der Waals surface area contributed by atoms with Crippen LogP contribution >= 0.6 is 0 Å². The Kier molecular flexibility index (Phi) is 8.48. The van der Waals surface area contributed by atoms with Crippen LogP contribution in [0.5, 0.6) is 0 Å². The molecule has 3 rings (SSSR count). The van der Waals surface area contributed by atoms with Gasteiger partial charge in [-0.3, -0.25) is 4.79 Å². The first kappa shape index (κ1) is 25.8. The molecule has 4 N–H and O–H groups in total. The number of amides is 2. The predicted molar refractivity (Wildman–Crippen MR) is 137 cm³/mol. The lowest BCUT2D eigenvalue weighted by molar-refractivity contribution is -0.115. The molecule has 1 aliphatic rings. The molecule has 0 bridgehead atoms. The molecule has 0 aromatic heterocycles.